The summed E-state index contributed by atoms with van der Waals surface area (Å²) < 4.78 is 29.1. The van der Waals surface area contributed by atoms with Crippen LogP contribution in [0.2, 0.25) is 10.0 Å². The van der Waals surface area contributed by atoms with E-state index in [0.29, 0.717) is 40.7 Å². The number of hydrogen-bond acceptors (Lipinski definition) is 4. The first-order valence-corrected chi connectivity index (χ1v) is 15.5. The predicted octanol–water partition coefficient (Wildman–Crippen LogP) is 6.08. The van der Waals surface area contributed by atoms with Gasteiger partial charge in [0.05, 0.1) is 20.6 Å². The predicted molar refractivity (Wildman–Crippen MR) is 161 cm³/mol. The Hall–Kier alpha value is -3.07. The van der Waals surface area contributed by atoms with E-state index in [1.165, 1.54) is 17.0 Å². The Morgan fingerprint density at radius 3 is 2.20 bits per heavy atom. The molecule has 0 fully saturated rings. The van der Waals surface area contributed by atoms with Crippen LogP contribution in [0, 0.1) is 0 Å². The fourth-order valence-electron chi connectivity index (χ4n) is 4.41. The Morgan fingerprint density at radius 1 is 0.900 bits per heavy atom. The van der Waals surface area contributed by atoms with Gasteiger partial charge in [0.15, 0.2) is 0 Å². The molecule has 0 bridgehead atoms. The Kier molecular flexibility index (Phi) is 11.4. The van der Waals surface area contributed by atoms with Gasteiger partial charge in [-0.1, -0.05) is 86.4 Å². The highest BCUT2D eigenvalue weighted by molar-refractivity contribution is 7.92. The van der Waals surface area contributed by atoms with Crippen molar-refractivity contribution in [1.82, 2.24) is 10.2 Å². The van der Waals surface area contributed by atoms with Gasteiger partial charge >= 0.3 is 0 Å². The van der Waals surface area contributed by atoms with Gasteiger partial charge in [-0.2, -0.15) is 0 Å². The summed E-state index contributed by atoms with van der Waals surface area (Å²) in [5.74, 6) is -0.820. The van der Waals surface area contributed by atoms with E-state index in [4.69, 9.17) is 23.2 Å². The lowest BCUT2D eigenvalue weighted by Gasteiger charge is -2.33. The maximum Gasteiger partial charge on any atom is 0.264 e. The summed E-state index contributed by atoms with van der Waals surface area (Å²) in [6.45, 7) is 5.70. The number of rotatable bonds is 13. The van der Waals surface area contributed by atoms with E-state index in [0.717, 1.165) is 16.3 Å². The average molecular weight is 605 g/mol. The highest BCUT2D eigenvalue weighted by Crippen LogP contribution is 2.29. The molecule has 3 rings (SSSR count). The van der Waals surface area contributed by atoms with Crippen LogP contribution in [0.5, 0.6) is 0 Å². The molecule has 0 aliphatic heterocycles. The Balaban J connectivity index is 2.09. The first kappa shape index (κ1) is 31.5. The third kappa shape index (κ3) is 7.56. The first-order chi connectivity index (χ1) is 19.1. The molecular weight excluding hydrogens is 569 g/mol. The van der Waals surface area contributed by atoms with E-state index in [9.17, 15) is 18.0 Å². The van der Waals surface area contributed by atoms with E-state index in [2.05, 4.69) is 5.32 Å². The third-order valence-electron chi connectivity index (χ3n) is 6.52. The number of nitrogens with zero attached hydrogens (tertiary/aromatic N) is 2. The molecule has 2 amide bonds. The number of aryl methyl sites for hydroxylation is 1. The number of nitrogens with one attached hydrogen (secondary N) is 1. The molecule has 10 heteroatoms. The summed E-state index contributed by atoms with van der Waals surface area (Å²) in [5, 5.41) is 3.56. The molecule has 0 heterocycles. The van der Waals surface area contributed by atoms with Crippen molar-refractivity contribution in [3.05, 3.63) is 94.0 Å². The Morgan fingerprint density at radius 2 is 1.57 bits per heavy atom. The molecule has 1 unspecified atom stereocenters. The van der Waals surface area contributed by atoms with Gasteiger partial charge in [-0.05, 0) is 60.7 Å². The molecule has 214 valence electrons. The average Bonchev–Trinajstić information content (AvgIpc) is 2.96. The molecule has 0 saturated carbocycles. The summed E-state index contributed by atoms with van der Waals surface area (Å²) in [6, 6.07) is 19.3. The van der Waals surface area contributed by atoms with Crippen LogP contribution in [0.25, 0.3) is 0 Å². The highest BCUT2D eigenvalue weighted by Gasteiger charge is 2.34. The SMILES string of the molecule is CCCNC(=O)C(CC)N(Cc1ccc(Cl)c(Cl)c1)C(=O)CN(c1ccccc1CC)S(=O)(=O)c1ccccc1. The standard InChI is InChI=1S/C30H35Cl2N3O4S/c1-4-18-33-30(37)27(6-3)34(20-22-16-17-25(31)26(32)19-22)29(36)21-35(28-15-11-10-12-23(28)5-2)40(38,39)24-13-8-7-9-14-24/h7-17,19,27H,4-6,18,20-21H2,1-3H3,(H,33,37). The maximum atomic E-state index is 14.1. The van der Waals surface area contributed by atoms with Crippen LogP contribution in [-0.4, -0.2) is 44.3 Å². The number of hydrogen-bond donors (Lipinski definition) is 1. The van der Waals surface area contributed by atoms with E-state index >= 15 is 0 Å². The Labute approximate surface area is 247 Å². The number of sulfonamides is 1. The second kappa shape index (κ2) is 14.5. The second-order valence-corrected chi connectivity index (χ2v) is 12.0. The molecular formula is C30H35Cl2N3O4S. The van der Waals surface area contributed by atoms with Crippen molar-refractivity contribution >= 4 is 50.7 Å². The van der Waals surface area contributed by atoms with Crippen molar-refractivity contribution in [2.24, 2.45) is 0 Å². The van der Waals surface area contributed by atoms with E-state index in [-0.39, 0.29) is 17.3 Å². The summed E-state index contributed by atoms with van der Waals surface area (Å²) in [6.07, 6.45) is 1.63. The molecule has 0 radical (unpaired) electrons. The minimum atomic E-state index is -4.12. The minimum absolute atomic E-state index is 0.0441. The minimum Gasteiger partial charge on any atom is -0.354 e. The largest absolute Gasteiger partial charge is 0.354 e. The van der Waals surface area contributed by atoms with Crippen LogP contribution in [-0.2, 0) is 32.6 Å². The zero-order valence-corrected chi connectivity index (χ0v) is 25.3. The molecule has 0 aliphatic rings. The normalized spacial score (nSPS) is 12.0. The van der Waals surface area contributed by atoms with Crippen molar-refractivity contribution in [3.8, 4) is 0 Å². The van der Waals surface area contributed by atoms with Crippen molar-refractivity contribution in [2.75, 3.05) is 17.4 Å². The number of amides is 2. The number of para-hydroxylation sites is 1. The summed E-state index contributed by atoms with van der Waals surface area (Å²) in [5.41, 5.74) is 1.86. The van der Waals surface area contributed by atoms with Crippen molar-refractivity contribution in [1.29, 1.82) is 0 Å². The zero-order chi connectivity index (χ0) is 29.3. The smallest absolute Gasteiger partial charge is 0.264 e. The molecule has 1 atom stereocenters. The van der Waals surface area contributed by atoms with Gasteiger partial charge in [0.25, 0.3) is 10.0 Å². The van der Waals surface area contributed by atoms with Crippen LogP contribution in [0.4, 0.5) is 5.69 Å². The van der Waals surface area contributed by atoms with Crippen LogP contribution < -0.4 is 9.62 Å². The van der Waals surface area contributed by atoms with E-state index in [1.54, 1.807) is 48.5 Å². The van der Waals surface area contributed by atoms with Gasteiger partial charge in [0, 0.05) is 13.1 Å². The molecule has 0 aromatic heterocycles. The Bertz CT molecular complexity index is 1420. The third-order valence-corrected chi connectivity index (χ3v) is 9.04. The lowest BCUT2D eigenvalue weighted by molar-refractivity contribution is -0.140. The number of carbonyl (C=O) groups excluding carboxylic acids is 2. The fraction of sp³-hybridized carbons (Fsp3) is 0.333. The van der Waals surface area contributed by atoms with Crippen molar-refractivity contribution < 1.29 is 18.0 Å². The van der Waals surface area contributed by atoms with Crippen LogP contribution in [0.15, 0.2) is 77.7 Å². The summed E-state index contributed by atoms with van der Waals surface area (Å²) >= 11 is 12.3. The topological polar surface area (TPSA) is 86.8 Å². The van der Waals surface area contributed by atoms with E-state index < -0.39 is 28.5 Å². The highest BCUT2D eigenvalue weighted by atomic mass is 35.5. The molecule has 3 aromatic rings. The molecule has 40 heavy (non-hydrogen) atoms. The number of benzene rings is 3. The number of carbonyl (C=O) groups is 2. The molecule has 0 spiro atoms. The number of anilines is 1. The molecule has 0 saturated heterocycles. The lowest BCUT2D eigenvalue weighted by atomic mass is 10.1. The summed E-state index contributed by atoms with van der Waals surface area (Å²) in [7, 11) is -4.12. The molecule has 7 nitrogen and oxygen atoms in total. The van der Waals surface area contributed by atoms with Gasteiger partial charge in [-0.15, -0.1) is 0 Å². The lowest BCUT2D eigenvalue weighted by Crippen LogP contribution is -2.52. The maximum absolute atomic E-state index is 14.1. The van der Waals surface area contributed by atoms with Gasteiger partial charge in [0.1, 0.15) is 12.6 Å². The molecule has 0 aliphatic carbocycles. The molecule has 1 N–H and O–H groups in total. The van der Waals surface area contributed by atoms with Crippen LogP contribution in [0.3, 0.4) is 0 Å². The fourth-order valence-corrected chi connectivity index (χ4v) is 6.20. The van der Waals surface area contributed by atoms with Crippen molar-refractivity contribution in [2.45, 2.75) is 57.5 Å². The van der Waals surface area contributed by atoms with Gasteiger partial charge in [0.2, 0.25) is 11.8 Å². The molecule has 3 aromatic carbocycles. The van der Waals surface area contributed by atoms with E-state index in [1.807, 2.05) is 32.9 Å². The van der Waals surface area contributed by atoms with Crippen molar-refractivity contribution in [3.63, 3.8) is 0 Å². The number of halogens is 2. The quantitative estimate of drug-likeness (QED) is 0.256. The van der Waals surface area contributed by atoms with Gasteiger partial charge in [-0.3, -0.25) is 13.9 Å². The first-order valence-electron chi connectivity index (χ1n) is 13.3. The monoisotopic (exact) mass is 603 g/mol. The zero-order valence-electron chi connectivity index (χ0n) is 22.9. The van der Waals surface area contributed by atoms with Crippen LogP contribution in [0.1, 0.15) is 44.7 Å². The second-order valence-electron chi connectivity index (χ2n) is 9.29. The van der Waals surface area contributed by atoms with Gasteiger partial charge < -0.3 is 10.2 Å². The van der Waals surface area contributed by atoms with Crippen LogP contribution >= 0.6 is 23.2 Å². The summed E-state index contributed by atoms with van der Waals surface area (Å²) in [4.78, 5) is 28.8. The van der Waals surface area contributed by atoms with Gasteiger partial charge in [-0.25, -0.2) is 8.42 Å².